The van der Waals surface area contributed by atoms with Crippen molar-refractivity contribution in [2.24, 2.45) is 0 Å². The number of pyridine rings is 1. The van der Waals surface area contributed by atoms with Gasteiger partial charge < -0.3 is 15.2 Å². The highest BCUT2D eigenvalue weighted by molar-refractivity contribution is 6.33. The molecule has 3 aromatic rings. The van der Waals surface area contributed by atoms with Gasteiger partial charge in [0.1, 0.15) is 11.6 Å². The van der Waals surface area contributed by atoms with Crippen molar-refractivity contribution in [2.45, 2.75) is 32.2 Å². The molecule has 1 fully saturated rings. The van der Waals surface area contributed by atoms with Crippen molar-refractivity contribution in [2.75, 3.05) is 18.4 Å². The summed E-state index contributed by atoms with van der Waals surface area (Å²) in [6.07, 6.45) is 4.89. The minimum absolute atomic E-state index is 0.000910. The molecule has 3 heterocycles. The largest absolute Gasteiger partial charge is 0.359 e. The lowest BCUT2D eigenvalue weighted by molar-refractivity contribution is 0.0724. The van der Waals surface area contributed by atoms with Crippen LogP contribution in [0.5, 0.6) is 0 Å². The van der Waals surface area contributed by atoms with Gasteiger partial charge in [0, 0.05) is 19.3 Å². The van der Waals surface area contributed by atoms with E-state index in [1.54, 1.807) is 12.3 Å². The van der Waals surface area contributed by atoms with Crippen molar-refractivity contribution < 1.29 is 4.79 Å². The Labute approximate surface area is 163 Å². The number of rotatable bonds is 4. The topological polar surface area (TPSA) is 73.9 Å². The average molecular weight is 384 g/mol. The molecule has 1 aliphatic rings. The van der Waals surface area contributed by atoms with E-state index in [1.165, 1.54) is 6.42 Å². The molecular weight excluding hydrogens is 362 g/mol. The van der Waals surface area contributed by atoms with Crippen LogP contribution in [-0.2, 0) is 0 Å². The maximum atomic E-state index is 12.6. The predicted octanol–water partition coefficient (Wildman–Crippen LogP) is 4.41. The highest BCUT2D eigenvalue weighted by atomic mass is 35.5. The molecule has 2 N–H and O–H groups in total. The molecule has 0 spiro atoms. The number of likely N-dealkylation sites (tertiary alicyclic amines) is 1. The molecule has 7 heteroatoms. The molecule has 2 aromatic heterocycles. The summed E-state index contributed by atoms with van der Waals surface area (Å²) in [6, 6.07) is 9.48. The molecule has 1 aromatic carbocycles. The molecule has 0 aliphatic carbocycles. The van der Waals surface area contributed by atoms with Crippen LogP contribution >= 0.6 is 11.6 Å². The number of nitrogens with zero attached hydrogens (tertiary/aromatic N) is 3. The number of halogens is 1. The SMILES string of the molecule is CC(Nc1ncc(C(=O)N2CCCCC2)cc1Cl)c1nc2ccccc2[nH]1. The first-order valence-electron chi connectivity index (χ1n) is 9.28. The molecule has 1 saturated heterocycles. The number of hydrogen-bond donors (Lipinski definition) is 2. The van der Waals surface area contributed by atoms with E-state index in [1.807, 2.05) is 36.1 Å². The Morgan fingerprint density at radius 1 is 1.26 bits per heavy atom. The van der Waals surface area contributed by atoms with Crippen LogP contribution in [0, 0.1) is 0 Å². The van der Waals surface area contributed by atoms with Crippen molar-refractivity contribution >= 4 is 34.4 Å². The van der Waals surface area contributed by atoms with Crippen molar-refractivity contribution in [1.29, 1.82) is 0 Å². The lowest BCUT2D eigenvalue weighted by Crippen LogP contribution is -2.35. The first kappa shape index (κ1) is 17.8. The monoisotopic (exact) mass is 383 g/mol. The van der Waals surface area contributed by atoms with E-state index in [0.717, 1.165) is 42.8 Å². The standard InChI is InChI=1S/C20H22ClN5O/c1-13(18-24-16-7-3-4-8-17(16)25-18)23-19-15(21)11-14(12-22-19)20(27)26-9-5-2-6-10-26/h3-4,7-8,11-13H,2,5-6,9-10H2,1H3,(H,22,23)(H,24,25). The quantitative estimate of drug-likeness (QED) is 0.699. The summed E-state index contributed by atoms with van der Waals surface area (Å²) < 4.78 is 0. The molecule has 1 unspecified atom stereocenters. The number of nitrogens with one attached hydrogen (secondary N) is 2. The van der Waals surface area contributed by atoms with E-state index in [9.17, 15) is 4.79 Å². The normalized spacial score (nSPS) is 15.7. The third-order valence-electron chi connectivity index (χ3n) is 4.90. The highest BCUT2D eigenvalue weighted by Crippen LogP contribution is 2.26. The molecule has 6 nitrogen and oxygen atoms in total. The van der Waals surface area contributed by atoms with E-state index in [-0.39, 0.29) is 11.9 Å². The van der Waals surface area contributed by atoms with Crippen molar-refractivity contribution in [3.63, 3.8) is 0 Å². The Hall–Kier alpha value is -2.60. The Balaban J connectivity index is 1.49. The zero-order valence-electron chi connectivity index (χ0n) is 15.2. The minimum atomic E-state index is -0.106. The number of hydrogen-bond acceptors (Lipinski definition) is 4. The molecule has 1 atom stereocenters. The smallest absolute Gasteiger partial charge is 0.255 e. The first-order valence-corrected chi connectivity index (χ1v) is 9.65. The maximum absolute atomic E-state index is 12.6. The van der Waals surface area contributed by atoms with Crippen LogP contribution in [0.4, 0.5) is 5.82 Å². The van der Waals surface area contributed by atoms with Gasteiger partial charge in [0.15, 0.2) is 0 Å². The summed E-state index contributed by atoms with van der Waals surface area (Å²) >= 11 is 6.40. The Bertz CT molecular complexity index is 931. The van der Waals surface area contributed by atoms with Crippen molar-refractivity contribution in [3.05, 3.63) is 52.9 Å². The molecule has 1 amide bonds. The number of aromatic nitrogens is 3. The Morgan fingerprint density at radius 2 is 2.04 bits per heavy atom. The maximum Gasteiger partial charge on any atom is 0.255 e. The van der Waals surface area contributed by atoms with Crippen LogP contribution in [0.1, 0.15) is 48.4 Å². The van der Waals surface area contributed by atoms with Gasteiger partial charge in [0.05, 0.1) is 27.7 Å². The van der Waals surface area contributed by atoms with Gasteiger partial charge in [-0.15, -0.1) is 0 Å². The van der Waals surface area contributed by atoms with Crippen LogP contribution in [-0.4, -0.2) is 38.8 Å². The minimum Gasteiger partial charge on any atom is -0.359 e. The van der Waals surface area contributed by atoms with Gasteiger partial charge in [-0.1, -0.05) is 23.7 Å². The number of fused-ring (bicyclic) bond motifs is 1. The molecule has 0 radical (unpaired) electrons. The predicted molar refractivity (Wildman–Crippen MR) is 107 cm³/mol. The van der Waals surface area contributed by atoms with Crippen LogP contribution in [0.25, 0.3) is 11.0 Å². The highest BCUT2D eigenvalue weighted by Gasteiger charge is 2.20. The van der Waals surface area contributed by atoms with E-state index >= 15 is 0 Å². The fraction of sp³-hybridized carbons (Fsp3) is 0.350. The summed E-state index contributed by atoms with van der Waals surface area (Å²) in [5.74, 6) is 1.35. The van der Waals surface area contributed by atoms with Crippen LogP contribution in [0.2, 0.25) is 5.02 Å². The lowest BCUT2D eigenvalue weighted by atomic mass is 10.1. The van der Waals surface area contributed by atoms with E-state index in [4.69, 9.17) is 11.6 Å². The van der Waals surface area contributed by atoms with Crippen LogP contribution < -0.4 is 5.32 Å². The number of aromatic amines is 1. The summed E-state index contributed by atoms with van der Waals surface area (Å²) in [7, 11) is 0. The van der Waals surface area contributed by atoms with Gasteiger partial charge in [-0.3, -0.25) is 4.79 Å². The molecule has 140 valence electrons. The number of H-pyrrole nitrogens is 1. The van der Waals surface area contributed by atoms with Gasteiger partial charge in [0.2, 0.25) is 0 Å². The van der Waals surface area contributed by atoms with Gasteiger partial charge >= 0.3 is 0 Å². The van der Waals surface area contributed by atoms with Gasteiger partial charge in [0.25, 0.3) is 5.91 Å². The number of para-hydroxylation sites is 2. The Kier molecular flexibility index (Phi) is 4.99. The van der Waals surface area contributed by atoms with Crippen LogP contribution in [0.3, 0.4) is 0 Å². The van der Waals surface area contributed by atoms with E-state index in [0.29, 0.717) is 16.4 Å². The second kappa shape index (κ2) is 7.56. The third kappa shape index (κ3) is 3.76. The summed E-state index contributed by atoms with van der Waals surface area (Å²) in [5, 5.41) is 3.70. The molecule has 4 rings (SSSR count). The molecule has 1 aliphatic heterocycles. The number of carbonyl (C=O) groups is 1. The zero-order chi connectivity index (χ0) is 18.8. The van der Waals surface area contributed by atoms with Gasteiger partial charge in [-0.2, -0.15) is 0 Å². The van der Waals surface area contributed by atoms with Crippen molar-refractivity contribution in [3.8, 4) is 0 Å². The molecule has 27 heavy (non-hydrogen) atoms. The number of piperidine rings is 1. The van der Waals surface area contributed by atoms with Gasteiger partial charge in [-0.05, 0) is 44.4 Å². The average Bonchev–Trinajstić information content (AvgIpc) is 3.14. The summed E-state index contributed by atoms with van der Waals surface area (Å²) in [4.78, 5) is 26.8. The number of anilines is 1. The molecule has 0 saturated carbocycles. The van der Waals surface area contributed by atoms with E-state index in [2.05, 4.69) is 20.3 Å². The Morgan fingerprint density at radius 3 is 2.78 bits per heavy atom. The summed E-state index contributed by atoms with van der Waals surface area (Å²) in [5.41, 5.74) is 2.44. The van der Waals surface area contributed by atoms with Crippen molar-refractivity contribution in [1.82, 2.24) is 19.9 Å². The number of carbonyl (C=O) groups excluding carboxylic acids is 1. The number of amides is 1. The number of imidazole rings is 1. The van der Waals surface area contributed by atoms with Crippen LogP contribution in [0.15, 0.2) is 36.5 Å². The van der Waals surface area contributed by atoms with Gasteiger partial charge in [-0.25, -0.2) is 9.97 Å². The second-order valence-electron chi connectivity index (χ2n) is 6.91. The fourth-order valence-corrected chi connectivity index (χ4v) is 3.61. The lowest BCUT2D eigenvalue weighted by Gasteiger charge is -2.26. The third-order valence-corrected chi connectivity index (χ3v) is 5.19. The fourth-order valence-electron chi connectivity index (χ4n) is 3.39. The molecule has 0 bridgehead atoms. The molecular formula is C20H22ClN5O. The first-order chi connectivity index (χ1) is 13.1. The van der Waals surface area contributed by atoms with E-state index < -0.39 is 0 Å². The number of benzene rings is 1. The zero-order valence-corrected chi connectivity index (χ0v) is 16.0. The summed E-state index contributed by atoms with van der Waals surface area (Å²) in [6.45, 7) is 3.60. The second-order valence-corrected chi connectivity index (χ2v) is 7.32.